The zero-order chi connectivity index (χ0) is 18.2. The highest BCUT2D eigenvalue weighted by atomic mass is 19.1. The number of ether oxygens (including phenoxy) is 1. The number of aliphatic hydroxyl groups excluding tert-OH is 1. The molecule has 0 aliphatic carbocycles. The van der Waals surface area contributed by atoms with E-state index in [9.17, 15) is 14.3 Å². The molecule has 5 nitrogen and oxygen atoms in total. The van der Waals surface area contributed by atoms with E-state index in [1.165, 1.54) is 12.1 Å². The van der Waals surface area contributed by atoms with Crippen molar-refractivity contribution < 1.29 is 19.0 Å². The minimum absolute atomic E-state index is 0.222. The van der Waals surface area contributed by atoms with Gasteiger partial charge in [-0.1, -0.05) is 24.3 Å². The van der Waals surface area contributed by atoms with Crippen LogP contribution in [0.4, 0.5) is 4.39 Å². The van der Waals surface area contributed by atoms with E-state index in [1.807, 2.05) is 24.3 Å². The Morgan fingerprint density at radius 2 is 1.96 bits per heavy atom. The third kappa shape index (κ3) is 5.55. The molecule has 0 aliphatic heterocycles. The second kappa shape index (κ2) is 9.15. The molecule has 1 amide bonds. The summed E-state index contributed by atoms with van der Waals surface area (Å²) in [4.78, 5) is 13.5. The van der Waals surface area contributed by atoms with Crippen molar-refractivity contribution in [1.29, 1.82) is 0 Å². The molecule has 1 atom stereocenters. The fraction of sp³-hybridized carbons (Fsp3) is 0.316. The number of carbonyl (C=O) groups excluding carboxylic acids is 1. The summed E-state index contributed by atoms with van der Waals surface area (Å²) in [5.74, 6) is 0.176. The number of likely N-dealkylation sites (N-methyl/N-ethyl adjacent to an activating group) is 2. The Morgan fingerprint density at radius 1 is 1.24 bits per heavy atom. The van der Waals surface area contributed by atoms with E-state index in [-0.39, 0.29) is 18.3 Å². The maximum absolute atomic E-state index is 13.1. The van der Waals surface area contributed by atoms with Crippen LogP contribution >= 0.6 is 0 Å². The van der Waals surface area contributed by atoms with E-state index in [4.69, 9.17) is 4.74 Å². The summed E-state index contributed by atoms with van der Waals surface area (Å²) in [6.07, 6.45) is 0. The van der Waals surface area contributed by atoms with Crippen LogP contribution < -0.4 is 10.1 Å². The predicted molar refractivity (Wildman–Crippen MR) is 93.6 cm³/mol. The molecule has 25 heavy (non-hydrogen) atoms. The van der Waals surface area contributed by atoms with E-state index in [0.717, 1.165) is 11.1 Å². The summed E-state index contributed by atoms with van der Waals surface area (Å²) in [5, 5.41) is 11.9. The van der Waals surface area contributed by atoms with Crippen LogP contribution in [0, 0.1) is 5.82 Å². The van der Waals surface area contributed by atoms with Crippen LogP contribution in [0.3, 0.4) is 0 Å². The van der Waals surface area contributed by atoms with Crippen molar-refractivity contribution in [3.05, 3.63) is 65.5 Å². The van der Waals surface area contributed by atoms with Crippen molar-refractivity contribution in [2.75, 3.05) is 20.7 Å². The van der Waals surface area contributed by atoms with Crippen LogP contribution in [-0.2, 0) is 17.9 Å². The summed E-state index contributed by atoms with van der Waals surface area (Å²) >= 11 is 0. The van der Waals surface area contributed by atoms with Crippen molar-refractivity contribution in [2.24, 2.45) is 0 Å². The highest BCUT2D eigenvalue weighted by molar-refractivity contribution is 5.81. The molecular formula is C19H23FN2O3. The van der Waals surface area contributed by atoms with Crippen molar-refractivity contribution in [3.8, 4) is 5.75 Å². The molecule has 0 fully saturated rings. The lowest BCUT2D eigenvalue weighted by molar-refractivity contribution is -0.127. The van der Waals surface area contributed by atoms with Crippen LogP contribution in [0.2, 0.25) is 0 Å². The fourth-order valence-corrected chi connectivity index (χ4v) is 2.47. The van der Waals surface area contributed by atoms with E-state index in [1.54, 1.807) is 31.1 Å². The van der Waals surface area contributed by atoms with Gasteiger partial charge in [0.05, 0.1) is 6.61 Å². The van der Waals surface area contributed by atoms with Gasteiger partial charge in [-0.15, -0.1) is 0 Å². The Morgan fingerprint density at radius 3 is 2.56 bits per heavy atom. The number of amides is 1. The van der Waals surface area contributed by atoms with E-state index in [0.29, 0.717) is 18.9 Å². The van der Waals surface area contributed by atoms with Crippen LogP contribution in [0.5, 0.6) is 5.75 Å². The number of aliphatic hydroxyl groups is 1. The largest absolute Gasteiger partial charge is 0.489 e. The molecular weight excluding hydrogens is 323 g/mol. The number of hydrogen-bond acceptors (Lipinski definition) is 4. The molecule has 0 heterocycles. The zero-order valence-electron chi connectivity index (χ0n) is 14.4. The average molecular weight is 346 g/mol. The fourth-order valence-electron chi connectivity index (χ4n) is 2.47. The first-order valence-electron chi connectivity index (χ1n) is 8.02. The lowest BCUT2D eigenvalue weighted by Crippen LogP contribution is -2.46. The van der Waals surface area contributed by atoms with Crippen molar-refractivity contribution in [3.63, 3.8) is 0 Å². The van der Waals surface area contributed by atoms with Crippen molar-refractivity contribution in [1.82, 2.24) is 10.2 Å². The molecule has 0 aromatic heterocycles. The lowest BCUT2D eigenvalue weighted by atomic mass is 10.1. The maximum atomic E-state index is 13.1. The minimum atomic E-state index is -0.589. The highest BCUT2D eigenvalue weighted by Gasteiger charge is 2.21. The molecule has 0 saturated carbocycles. The topological polar surface area (TPSA) is 61.8 Å². The van der Waals surface area contributed by atoms with E-state index >= 15 is 0 Å². The molecule has 6 heteroatoms. The second-order valence-corrected chi connectivity index (χ2v) is 5.79. The van der Waals surface area contributed by atoms with Gasteiger partial charge >= 0.3 is 0 Å². The molecule has 2 rings (SSSR count). The monoisotopic (exact) mass is 346 g/mol. The first-order valence-corrected chi connectivity index (χ1v) is 8.02. The standard InChI is InChI=1S/C19H23FN2O3/c1-21-19(24)18(12-23)22(2)11-14-6-8-17(9-7-14)25-13-15-4-3-5-16(20)10-15/h3-10,18,23H,11-13H2,1-2H3,(H,21,24)/t18-/m0/s1. The highest BCUT2D eigenvalue weighted by Crippen LogP contribution is 2.16. The summed E-state index contributed by atoms with van der Waals surface area (Å²) in [7, 11) is 3.33. The smallest absolute Gasteiger partial charge is 0.239 e. The SMILES string of the molecule is CNC(=O)[C@H](CO)N(C)Cc1ccc(OCc2cccc(F)c2)cc1. The molecule has 0 aliphatic rings. The van der Waals surface area contributed by atoms with Gasteiger partial charge in [0, 0.05) is 13.6 Å². The molecule has 0 unspecified atom stereocenters. The number of nitrogens with zero attached hydrogens (tertiary/aromatic N) is 1. The van der Waals surface area contributed by atoms with E-state index in [2.05, 4.69) is 5.32 Å². The lowest BCUT2D eigenvalue weighted by Gasteiger charge is -2.25. The number of halogens is 1. The Bertz CT molecular complexity index is 691. The number of carbonyl (C=O) groups is 1. The van der Waals surface area contributed by atoms with Gasteiger partial charge in [0.15, 0.2) is 0 Å². The van der Waals surface area contributed by atoms with Gasteiger partial charge in [0.2, 0.25) is 5.91 Å². The van der Waals surface area contributed by atoms with Crippen molar-refractivity contribution >= 4 is 5.91 Å². The summed E-state index contributed by atoms with van der Waals surface area (Å²) < 4.78 is 18.8. The first kappa shape index (κ1) is 18.9. The Labute approximate surface area is 147 Å². The summed E-state index contributed by atoms with van der Waals surface area (Å²) in [6, 6.07) is 13.2. The molecule has 2 N–H and O–H groups in total. The van der Waals surface area contributed by atoms with Crippen molar-refractivity contribution in [2.45, 2.75) is 19.2 Å². The average Bonchev–Trinajstić information content (AvgIpc) is 2.61. The maximum Gasteiger partial charge on any atom is 0.239 e. The third-order valence-corrected chi connectivity index (χ3v) is 3.90. The molecule has 0 radical (unpaired) electrons. The molecule has 134 valence electrons. The predicted octanol–water partition coefficient (Wildman–Crippen LogP) is 1.94. The van der Waals surface area contributed by atoms with Gasteiger partial charge in [-0.05, 0) is 42.4 Å². The number of rotatable bonds is 8. The van der Waals surface area contributed by atoms with Gasteiger partial charge in [0.1, 0.15) is 24.2 Å². The zero-order valence-corrected chi connectivity index (χ0v) is 14.4. The molecule has 0 bridgehead atoms. The Hall–Kier alpha value is -2.44. The van der Waals surface area contributed by atoms with Gasteiger partial charge in [-0.2, -0.15) is 0 Å². The quantitative estimate of drug-likeness (QED) is 0.767. The third-order valence-electron chi connectivity index (χ3n) is 3.90. The van der Waals surface area contributed by atoms with Gasteiger partial charge in [-0.25, -0.2) is 4.39 Å². The van der Waals surface area contributed by atoms with Crippen LogP contribution in [0.1, 0.15) is 11.1 Å². The Kier molecular flexibility index (Phi) is 6.91. The van der Waals surface area contributed by atoms with Gasteiger partial charge < -0.3 is 15.2 Å². The molecule has 0 spiro atoms. The number of benzene rings is 2. The molecule has 2 aromatic rings. The van der Waals surface area contributed by atoms with Crippen LogP contribution in [0.25, 0.3) is 0 Å². The number of hydrogen-bond donors (Lipinski definition) is 2. The molecule has 0 saturated heterocycles. The number of nitrogens with one attached hydrogen (secondary N) is 1. The Balaban J connectivity index is 1.92. The molecule has 2 aromatic carbocycles. The first-order chi connectivity index (χ1) is 12.0. The van der Waals surface area contributed by atoms with E-state index < -0.39 is 6.04 Å². The van der Waals surface area contributed by atoms with Crippen LogP contribution in [-0.4, -0.2) is 42.7 Å². The minimum Gasteiger partial charge on any atom is -0.489 e. The summed E-state index contributed by atoms with van der Waals surface area (Å²) in [5.41, 5.74) is 1.75. The normalized spacial score (nSPS) is 12.0. The second-order valence-electron chi connectivity index (χ2n) is 5.79. The van der Waals surface area contributed by atoms with Gasteiger partial charge in [0.25, 0.3) is 0 Å². The summed E-state index contributed by atoms with van der Waals surface area (Å²) in [6.45, 7) is 0.564. The van der Waals surface area contributed by atoms with Gasteiger partial charge in [-0.3, -0.25) is 9.69 Å². The van der Waals surface area contributed by atoms with Crippen LogP contribution in [0.15, 0.2) is 48.5 Å².